The minimum atomic E-state index is 0.550. The molecule has 0 saturated carbocycles. The van der Waals surface area contributed by atoms with Crippen LogP contribution in [0.15, 0.2) is 29.8 Å². The number of aryl methyl sites for hydroxylation is 2. The molecule has 15 heavy (non-hydrogen) atoms. The van der Waals surface area contributed by atoms with Gasteiger partial charge in [0.1, 0.15) is 0 Å². The van der Waals surface area contributed by atoms with Gasteiger partial charge in [0.2, 0.25) is 6.08 Å². The van der Waals surface area contributed by atoms with Crippen LogP contribution >= 0.6 is 0 Å². The molecule has 0 atom stereocenters. The van der Waals surface area contributed by atoms with Crippen LogP contribution in [0.5, 0.6) is 0 Å². The molecule has 0 saturated heterocycles. The molecule has 0 fully saturated rings. The van der Waals surface area contributed by atoms with E-state index in [1.807, 2.05) is 12.1 Å². The third-order valence-electron chi connectivity index (χ3n) is 2.40. The molecule has 0 aliphatic rings. The second-order valence-electron chi connectivity index (χ2n) is 3.43. The van der Waals surface area contributed by atoms with Gasteiger partial charge in [-0.25, -0.2) is 9.79 Å². The lowest BCUT2D eigenvalue weighted by atomic mass is 9.98. The SMILES string of the molecule is C=Cc1c(C)cccc1CCCN=C=O. The van der Waals surface area contributed by atoms with Gasteiger partial charge in [0.15, 0.2) is 0 Å². The number of hydrogen-bond donors (Lipinski definition) is 0. The Morgan fingerprint density at radius 3 is 3.00 bits per heavy atom. The summed E-state index contributed by atoms with van der Waals surface area (Å²) in [4.78, 5) is 13.4. The highest BCUT2D eigenvalue weighted by Gasteiger charge is 2.01. The standard InChI is InChI=1S/C13H15NO/c1-3-13-11(2)6-4-7-12(13)8-5-9-14-10-15/h3-4,6-7H,1,5,8-9H2,2H3. The summed E-state index contributed by atoms with van der Waals surface area (Å²) in [5.41, 5.74) is 3.71. The Labute approximate surface area is 90.4 Å². The number of isocyanates is 1. The van der Waals surface area contributed by atoms with Crippen molar-refractivity contribution >= 4 is 12.2 Å². The number of carbonyl (C=O) groups excluding carboxylic acids is 1. The quantitative estimate of drug-likeness (QED) is 0.409. The van der Waals surface area contributed by atoms with Crippen molar-refractivity contribution in [2.45, 2.75) is 19.8 Å². The average Bonchev–Trinajstić information content (AvgIpc) is 2.24. The molecule has 0 spiro atoms. The summed E-state index contributed by atoms with van der Waals surface area (Å²) in [6.45, 7) is 6.43. The van der Waals surface area contributed by atoms with Gasteiger partial charge in [0.25, 0.3) is 0 Å². The fourth-order valence-corrected chi connectivity index (χ4v) is 1.65. The van der Waals surface area contributed by atoms with E-state index in [4.69, 9.17) is 0 Å². The number of nitrogens with zero attached hydrogens (tertiary/aromatic N) is 1. The average molecular weight is 201 g/mol. The molecular weight excluding hydrogens is 186 g/mol. The first-order valence-corrected chi connectivity index (χ1v) is 5.04. The Morgan fingerprint density at radius 1 is 1.53 bits per heavy atom. The van der Waals surface area contributed by atoms with E-state index in [1.165, 1.54) is 16.7 Å². The van der Waals surface area contributed by atoms with E-state index in [0.717, 1.165) is 12.8 Å². The summed E-state index contributed by atoms with van der Waals surface area (Å²) < 4.78 is 0. The van der Waals surface area contributed by atoms with Gasteiger partial charge in [-0.05, 0) is 36.5 Å². The summed E-state index contributed by atoms with van der Waals surface area (Å²) in [6.07, 6.45) is 5.23. The molecule has 1 aromatic carbocycles. The van der Waals surface area contributed by atoms with Crippen LogP contribution in [0.3, 0.4) is 0 Å². The molecule has 0 amide bonds. The van der Waals surface area contributed by atoms with Crippen LogP contribution in [0.4, 0.5) is 0 Å². The van der Waals surface area contributed by atoms with E-state index >= 15 is 0 Å². The second-order valence-corrected chi connectivity index (χ2v) is 3.43. The Balaban J connectivity index is 2.71. The van der Waals surface area contributed by atoms with E-state index in [0.29, 0.717) is 6.54 Å². The molecule has 0 aliphatic carbocycles. The van der Waals surface area contributed by atoms with Crippen molar-refractivity contribution in [3.63, 3.8) is 0 Å². The van der Waals surface area contributed by atoms with Crippen molar-refractivity contribution in [3.8, 4) is 0 Å². The molecule has 0 aliphatic heterocycles. The van der Waals surface area contributed by atoms with E-state index < -0.39 is 0 Å². The molecular formula is C13H15NO. The predicted molar refractivity (Wildman–Crippen MR) is 62.6 cm³/mol. The van der Waals surface area contributed by atoms with Gasteiger partial charge in [0, 0.05) is 0 Å². The number of rotatable bonds is 5. The predicted octanol–water partition coefficient (Wildman–Crippen LogP) is 2.91. The maximum atomic E-state index is 9.89. The van der Waals surface area contributed by atoms with Crippen LogP contribution in [0.1, 0.15) is 23.1 Å². The monoisotopic (exact) mass is 201 g/mol. The topological polar surface area (TPSA) is 29.4 Å². The first-order chi connectivity index (χ1) is 7.29. The molecule has 0 aromatic heterocycles. The van der Waals surface area contributed by atoms with Crippen LogP contribution in [-0.4, -0.2) is 12.6 Å². The summed E-state index contributed by atoms with van der Waals surface area (Å²) in [7, 11) is 0. The maximum absolute atomic E-state index is 9.89. The highest BCUT2D eigenvalue weighted by atomic mass is 16.1. The fourth-order valence-electron chi connectivity index (χ4n) is 1.65. The largest absolute Gasteiger partial charge is 0.234 e. The molecule has 0 heterocycles. The minimum absolute atomic E-state index is 0.550. The van der Waals surface area contributed by atoms with E-state index in [-0.39, 0.29) is 0 Å². The van der Waals surface area contributed by atoms with Crippen LogP contribution < -0.4 is 0 Å². The van der Waals surface area contributed by atoms with Crippen molar-refractivity contribution in [3.05, 3.63) is 41.5 Å². The van der Waals surface area contributed by atoms with E-state index in [2.05, 4.69) is 30.6 Å². The lowest BCUT2D eigenvalue weighted by Crippen LogP contribution is -1.94. The molecule has 0 radical (unpaired) electrons. The van der Waals surface area contributed by atoms with Gasteiger partial charge in [-0.15, -0.1) is 0 Å². The minimum Gasteiger partial charge on any atom is -0.211 e. The van der Waals surface area contributed by atoms with Gasteiger partial charge < -0.3 is 0 Å². The Morgan fingerprint density at radius 2 is 2.33 bits per heavy atom. The summed E-state index contributed by atoms with van der Waals surface area (Å²) in [5, 5.41) is 0. The number of hydrogen-bond acceptors (Lipinski definition) is 2. The molecule has 0 N–H and O–H groups in total. The Bertz CT molecular complexity index is 390. The molecule has 0 bridgehead atoms. The molecule has 1 aromatic rings. The smallest absolute Gasteiger partial charge is 0.211 e. The van der Waals surface area contributed by atoms with Crippen LogP contribution in [0.2, 0.25) is 0 Å². The molecule has 78 valence electrons. The highest BCUT2D eigenvalue weighted by molar-refractivity contribution is 5.56. The van der Waals surface area contributed by atoms with Crippen molar-refractivity contribution < 1.29 is 4.79 Å². The van der Waals surface area contributed by atoms with Crippen LogP contribution in [0.25, 0.3) is 6.08 Å². The summed E-state index contributed by atoms with van der Waals surface area (Å²) in [5.74, 6) is 0. The first-order valence-electron chi connectivity index (χ1n) is 5.04. The lowest BCUT2D eigenvalue weighted by Gasteiger charge is -2.07. The lowest BCUT2D eigenvalue weighted by molar-refractivity contribution is 0.562. The van der Waals surface area contributed by atoms with Crippen LogP contribution in [-0.2, 0) is 11.2 Å². The normalized spacial score (nSPS) is 9.40. The van der Waals surface area contributed by atoms with Crippen molar-refractivity contribution in [2.24, 2.45) is 4.99 Å². The highest BCUT2D eigenvalue weighted by Crippen LogP contribution is 2.16. The zero-order valence-corrected chi connectivity index (χ0v) is 8.99. The van der Waals surface area contributed by atoms with E-state index in [9.17, 15) is 4.79 Å². The molecule has 2 nitrogen and oxygen atoms in total. The second kappa shape index (κ2) is 5.94. The number of aliphatic imine (C=N–C) groups is 1. The van der Waals surface area contributed by atoms with Gasteiger partial charge in [-0.1, -0.05) is 30.9 Å². The van der Waals surface area contributed by atoms with Gasteiger partial charge in [0.05, 0.1) is 6.54 Å². The molecule has 2 heteroatoms. The van der Waals surface area contributed by atoms with Crippen LogP contribution in [0, 0.1) is 6.92 Å². The first kappa shape index (κ1) is 11.4. The third-order valence-corrected chi connectivity index (χ3v) is 2.40. The zero-order chi connectivity index (χ0) is 11.1. The fraction of sp³-hybridized carbons (Fsp3) is 0.308. The van der Waals surface area contributed by atoms with Crippen molar-refractivity contribution in [1.29, 1.82) is 0 Å². The Hall–Kier alpha value is -1.66. The Kier molecular flexibility index (Phi) is 4.52. The molecule has 1 rings (SSSR count). The third kappa shape index (κ3) is 3.19. The zero-order valence-electron chi connectivity index (χ0n) is 8.99. The van der Waals surface area contributed by atoms with E-state index in [1.54, 1.807) is 6.08 Å². The van der Waals surface area contributed by atoms with Crippen molar-refractivity contribution in [1.82, 2.24) is 0 Å². The maximum Gasteiger partial charge on any atom is 0.234 e. The molecule has 0 unspecified atom stereocenters. The van der Waals surface area contributed by atoms with Gasteiger partial charge >= 0.3 is 0 Å². The van der Waals surface area contributed by atoms with Gasteiger partial charge in [-0.3, -0.25) is 0 Å². The summed E-state index contributed by atoms with van der Waals surface area (Å²) in [6, 6.07) is 6.21. The number of benzene rings is 1. The summed E-state index contributed by atoms with van der Waals surface area (Å²) >= 11 is 0. The van der Waals surface area contributed by atoms with Crippen molar-refractivity contribution in [2.75, 3.05) is 6.54 Å². The van der Waals surface area contributed by atoms with Gasteiger partial charge in [-0.2, -0.15) is 0 Å².